The van der Waals surface area contributed by atoms with Crippen LogP contribution in [0.1, 0.15) is 142 Å². The highest BCUT2D eigenvalue weighted by atomic mass is 16.4. The summed E-state index contributed by atoms with van der Waals surface area (Å²) in [4.78, 5) is 27.2. The Labute approximate surface area is 232 Å². The Bertz CT molecular complexity index is 755. The third kappa shape index (κ3) is 26.4. The van der Waals surface area contributed by atoms with Gasteiger partial charge in [-0.3, -0.25) is 9.79 Å². The minimum absolute atomic E-state index is 0.0202. The van der Waals surface area contributed by atoms with E-state index in [0.29, 0.717) is 25.8 Å². The van der Waals surface area contributed by atoms with E-state index in [4.69, 9.17) is 11.5 Å². The first-order chi connectivity index (χ1) is 18.5. The van der Waals surface area contributed by atoms with Crippen LogP contribution in [0.3, 0.4) is 0 Å². The number of amides is 1. The van der Waals surface area contributed by atoms with Crippen molar-refractivity contribution in [2.24, 2.45) is 16.5 Å². The van der Waals surface area contributed by atoms with Gasteiger partial charge < -0.3 is 21.9 Å². The van der Waals surface area contributed by atoms with Gasteiger partial charge in [0.05, 0.1) is 0 Å². The van der Waals surface area contributed by atoms with Crippen LogP contribution in [0.15, 0.2) is 4.99 Å². The Kier molecular flexibility index (Phi) is 25.4. The van der Waals surface area contributed by atoms with E-state index in [9.17, 15) is 14.7 Å². The predicted octanol–water partition coefficient (Wildman–Crippen LogP) is 6.05. The van der Waals surface area contributed by atoms with Crippen molar-refractivity contribution in [2.75, 3.05) is 6.54 Å². The van der Waals surface area contributed by atoms with Gasteiger partial charge in [-0.05, 0) is 43.9 Å². The summed E-state index contributed by atoms with van der Waals surface area (Å²) in [5.74, 6) is 11.0. The van der Waals surface area contributed by atoms with Gasteiger partial charge in [0.25, 0.3) is 0 Å². The Hall–Kier alpha value is -2.67. The first-order valence-electron chi connectivity index (χ1n) is 15.0. The molecule has 0 aromatic heterocycles. The van der Waals surface area contributed by atoms with Crippen LogP contribution in [0.5, 0.6) is 0 Å². The number of nitrogens with two attached hydrogens (primary N) is 2. The predicted molar refractivity (Wildman–Crippen MR) is 158 cm³/mol. The van der Waals surface area contributed by atoms with Crippen LogP contribution in [-0.4, -0.2) is 35.5 Å². The number of carboxylic acid groups (broad SMARTS) is 1. The van der Waals surface area contributed by atoms with Gasteiger partial charge in [0, 0.05) is 25.8 Å². The maximum absolute atomic E-state index is 12.0. The number of carboxylic acids is 1. The number of aliphatic imine (C=N–C) groups is 1. The zero-order valence-electron chi connectivity index (χ0n) is 24.0. The fraction of sp³-hybridized carbons (Fsp3) is 0.774. The molecular formula is C31H54N4O3. The van der Waals surface area contributed by atoms with Gasteiger partial charge in [0.15, 0.2) is 5.96 Å². The van der Waals surface area contributed by atoms with Gasteiger partial charge in [0.2, 0.25) is 5.91 Å². The molecule has 0 bridgehead atoms. The highest BCUT2D eigenvalue weighted by Gasteiger charge is 2.18. The Balaban J connectivity index is 3.59. The van der Waals surface area contributed by atoms with Crippen LogP contribution in [0.25, 0.3) is 0 Å². The third-order valence-electron chi connectivity index (χ3n) is 6.43. The standard InChI is InChI=1S/C31H54N4O3/c1-2-3-4-5-6-7-8-9-10-11-12-13-14-15-16-17-18-19-20-21-22-23-26-29(36)35-28(30(37)38)25-24-27-34-31(32)33/h28H,2-12,17-27H2,1H3,(H,35,36)(H,37,38)(H4,32,33,34). The SMILES string of the molecule is CCCCCCCCCCCCC#CC#CCCCCCCCCC(=O)NC(CCCN=C(N)N)C(=O)O. The molecule has 0 aliphatic heterocycles. The van der Waals surface area contributed by atoms with Gasteiger partial charge in [-0.1, -0.05) is 102 Å². The average Bonchev–Trinajstić information content (AvgIpc) is 2.88. The fourth-order valence-corrected chi connectivity index (χ4v) is 4.15. The molecule has 0 aromatic rings. The highest BCUT2D eigenvalue weighted by molar-refractivity contribution is 5.83. The maximum atomic E-state index is 12.0. The number of carbonyl (C=O) groups excluding carboxylic acids is 1. The van der Waals surface area contributed by atoms with E-state index in [1.54, 1.807) is 0 Å². The van der Waals surface area contributed by atoms with E-state index in [1.165, 1.54) is 64.2 Å². The molecule has 0 aliphatic rings. The molecule has 0 heterocycles. The lowest BCUT2D eigenvalue weighted by Crippen LogP contribution is -2.40. The summed E-state index contributed by atoms with van der Waals surface area (Å²) in [5, 5.41) is 11.9. The minimum Gasteiger partial charge on any atom is -0.480 e. The molecule has 38 heavy (non-hydrogen) atoms. The second kappa shape index (κ2) is 27.4. The van der Waals surface area contributed by atoms with E-state index in [1.807, 2.05) is 0 Å². The zero-order valence-corrected chi connectivity index (χ0v) is 24.0. The maximum Gasteiger partial charge on any atom is 0.326 e. The number of carbonyl (C=O) groups is 2. The number of nitrogens with one attached hydrogen (secondary N) is 1. The molecule has 0 aromatic carbocycles. The zero-order chi connectivity index (χ0) is 28.1. The topological polar surface area (TPSA) is 131 Å². The summed E-state index contributed by atoms with van der Waals surface area (Å²) >= 11 is 0. The van der Waals surface area contributed by atoms with E-state index in [-0.39, 0.29) is 11.9 Å². The number of guanidine groups is 1. The highest BCUT2D eigenvalue weighted by Crippen LogP contribution is 2.11. The summed E-state index contributed by atoms with van der Waals surface area (Å²) in [6.45, 7) is 2.61. The lowest BCUT2D eigenvalue weighted by Gasteiger charge is -2.14. The van der Waals surface area contributed by atoms with E-state index in [0.717, 1.165) is 51.4 Å². The molecule has 7 heteroatoms. The molecule has 0 fully saturated rings. The van der Waals surface area contributed by atoms with Crippen LogP contribution < -0.4 is 16.8 Å². The average molecular weight is 531 g/mol. The normalized spacial score (nSPS) is 11.0. The molecular weight excluding hydrogens is 476 g/mol. The third-order valence-corrected chi connectivity index (χ3v) is 6.43. The van der Waals surface area contributed by atoms with Crippen molar-refractivity contribution in [3.63, 3.8) is 0 Å². The second-order valence-electron chi connectivity index (χ2n) is 10.1. The van der Waals surface area contributed by atoms with Crippen LogP contribution in [0.4, 0.5) is 0 Å². The Morgan fingerprint density at radius 3 is 1.68 bits per heavy atom. The second-order valence-corrected chi connectivity index (χ2v) is 10.1. The summed E-state index contributed by atoms with van der Waals surface area (Å²) in [6.07, 6.45) is 22.6. The molecule has 1 amide bonds. The van der Waals surface area contributed by atoms with Crippen molar-refractivity contribution in [3.8, 4) is 23.7 Å². The van der Waals surface area contributed by atoms with Crippen molar-refractivity contribution in [1.82, 2.24) is 5.32 Å². The lowest BCUT2D eigenvalue weighted by molar-refractivity contribution is -0.142. The first-order valence-corrected chi connectivity index (χ1v) is 15.0. The molecule has 216 valence electrons. The number of aliphatic carboxylic acids is 1. The van der Waals surface area contributed by atoms with Gasteiger partial charge >= 0.3 is 5.97 Å². The first kappa shape index (κ1) is 35.3. The van der Waals surface area contributed by atoms with E-state index in [2.05, 4.69) is 40.9 Å². The number of hydrogen-bond acceptors (Lipinski definition) is 3. The van der Waals surface area contributed by atoms with Crippen molar-refractivity contribution in [1.29, 1.82) is 0 Å². The van der Waals surface area contributed by atoms with E-state index < -0.39 is 12.0 Å². The summed E-state index contributed by atoms with van der Waals surface area (Å²) < 4.78 is 0. The molecule has 1 unspecified atom stereocenters. The Morgan fingerprint density at radius 1 is 0.737 bits per heavy atom. The molecule has 0 saturated heterocycles. The van der Waals surface area contributed by atoms with Crippen LogP contribution in [0, 0.1) is 23.7 Å². The monoisotopic (exact) mass is 530 g/mol. The number of hydrogen-bond donors (Lipinski definition) is 4. The summed E-state index contributed by atoms with van der Waals surface area (Å²) in [7, 11) is 0. The molecule has 1 atom stereocenters. The summed E-state index contributed by atoms with van der Waals surface area (Å²) in [6, 6.07) is -0.901. The summed E-state index contributed by atoms with van der Waals surface area (Å²) in [5.41, 5.74) is 10.5. The lowest BCUT2D eigenvalue weighted by atomic mass is 10.1. The molecule has 7 nitrogen and oxygen atoms in total. The molecule has 0 radical (unpaired) electrons. The van der Waals surface area contributed by atoms with Gasteiger partial charge in [-0.2, -0.15) is 0 Å². The smallest absolute Gasteiger partial charge is 0.326 e. The van der Waals surface area contributed by atoms with E-state index >= 15 is 0 Å². The molecule has 0 rings (SSSR count). The van der Waals surface area contributed by atoms with Gasteiger partial charge in [-0.15, -0.1) is 0 Å². The minimum atomic E-state index is -1.04. The van der Waals surface area contributed by atoms with Crippen molar-refractivity contribution in [2.45, 2.75) is 148 Å². The van der Waals surface area contributed by atoms with Crippen molar-refractivity contribution in [3.05, 3.63) is 0 Å². The Morgan fingerprint density at radius 2 is 1.21 bits per heavy atom. The molecule has 6 N–H and O–H groups in total. The van der Waals surface area contributed by atoms with Crippen LogP contribution in [0.2, 0.25) is 0 Å². The quantitative estimate of drug-likeness (QED) is 0.0522. The van der Waals surface area contributed by atoms with Crippen molar-refractivity contribution < 1.29 is 14.7 Å². The largest absolute Gasteiger partial charge is 0.480 e. The number of rotatable bonds is 24. The fourth-order valence-electron chi connectivity index (χ4n) is 4.15. The van der Waals surface area contributed by atoms with Gasteiger partial charge in [0.1, 0.15) is 6.04 Å². The molecule has 0 spiro atoms. The molecule has 0 aliphatic carbocycles. The number of nitrogens with zero attached hydrogens (tertiary/aromatic N) is 1. The molecule has 0 saturated carbocycles. The van der Waals surface area contributed by atoms with Crippen LogP contribution >= 0.6 is 0 Å². The van der Waals surface area contributed by atoms with Gasteiger partial charge in [-0.25, -0.2) is 4.79 Å². The van der Waals surface area contributed by atoms with Crippen molar-refractivity contribution >= 4 is 17.8 Å². The van der Waals surface area contributed by atoms with Crippen LogP contribution in [-0.2, 0) is 9.59 Å². The number of unbranched alkanes of at least 4 members (excludes halogenated alkanes) is 16.